The molecule has 2 N–H and O–H groups in total. The normalized spacial score (nSPS) is 11.9. The molecule has 0 aromatic heterocycles. The van der Waals surface area contributed by atoms with Crippen molar-refractivity contribution in [1.82, 2.24) is 10.2 Å². The molecule has 16 heavy (non-hydrogen) atoms. The van der Waals surface area contributed by atoms with Crippen LogP contribution in [0.4, 0.5) is 4.79 Å². The Bertz CT molecular complexity index is 227. The van der Waals surface area contributed by atoms with E-state index in [-0.39, 0.29) is 18.4 Å². The predicted octanol–water partition coefficient (Wildman–Crippen LogP) is 1.54. The molecule has 1 unspecified atom stereocenters. The zero-order valence-electron chi connectivity index (χ0n) is 10.3. The van der Waals surface area contributed by atoms with E-state index in [1.165, 1.54) is 0 Å². The third kappa shape index (κ3) is 5.58. The molecule has 0 aliphatic heterocycles. The Morgan fingerprint density at radius 1 is 1.25 bits per heavy atom. The summed E-state index contributed by atoms with van der Waals surface area (Å²) in [5.74, 6) is -0.805. The summed E-state index contributed by atoms with van der Waals surface area (Å²) in [4.78, 5) is 23.8. The van der Waals surface area contributed by atoms with Gasteiger partial charge in [0.2, 0.25) is 0 Å². The number of urea groups is 1. The fraction of sp³-hybridized carbons (Fsp3) is 0.818. The third-order valence-corrected chi connectivity index (χ3v) is 2.63. The molecule has 0 aliphatic carbocycles. The van der Waals surface area contributed by atoms with Gasteiger partial charge in [-0.1, -0.05) is 13.3 Å². The fourth-order valence-corrected chi connectivity index (χ4v) is 1.46. The van der Waals surface area contributed by atoms with Crippen molar-refractivity contribution in [2.75, 3.05) is 19.6 Å². The maximum absolute atomic E-state index is 11.6. The van der Waals surface area contributed by atoms with Gasteiger partial charge in [-0.25, -0.2) is 4.79 Å². The molecule has 1 atom stereocenters. The number of carbonyl (C=O) groups is 2. The van der Waals surface area contributed by atoms with E-state index in [0.29, 0.717) is 19.6 Å². The van der Waals surface area contributed by atoms with Gasteiger partial charge in [0.15, 0.2) is 0 Å². The van der Waals surface area contributed by atoms with E-state index in [9.17, 15) is 9.59 Å². The van der Waals surface area contributed by atoms with E-state index in [1.54, 1.807) is 4.90 Å². The largest absolute Gasteiger partial charge is 0.481 e. The Morgan fingerprint density at radius 2 is 1.81 bits per heavy atom. The smallest absolute Gasteiger partial charge is 0.317 e. The monoisotopic (exact) mass is 230 g/mol. The first-order valence-corrected chi connectivity index (χ1v) is 5.79. The summed E-state index contributed by atoms with van der Waals surface area (Å²) in [6, 6.07) is -0.117. The van der Waals surface area contributed by atoms with Crippen molar-refractivity contribution in [3.63, 3.8) is 0 Å². The van der Waals surface area contributed by atoms with Gasteiger partial charge in [0.05, 0.1) is 0 Å². The summed E-state index contributed by atoms with van der Waals surface area (Å²) >= 11 is 0. The van der Waals surface area contributed by atoms with E-state index in [4.69, 9.17) is 5.11 Å². The van der Waals surface area contributed by atoms with Crippen LogP contribution < -0.4 is 5.32 Å². The molecule has 0 fully saturated rings. The number of hydrogen-bond acceptors (Lipinski definition) is 2. The molecule has 0 aromatic carbocycles. The number of carbonyl (C=O) groups excluding carboxylic acids is 1. The molecule has 2 amide bonds. The summed E-state index contributed by atoms with van der Waals surface area (Å²) in [5.41, 5.74) is 0. The molecule has 0 radical (unpaired) electrons. The molecule has 0 aromatic rings. The highest BCUT2D eigenvalue weighted by atomic mass is 16.4. The average Bonchev–Trinajstić information content (AvgIpc) is 2.25. The summed E-state index contributed by atoms with van der Waals surface area (Å²) in [6.45, 7) is 7.51. The highest BCUT2D eigenvalue weighted by molar-refractivity contribution is 5.74. The minimum absolute atomic E-state index is 0.0111. The Hall–Kier alpha value is -1.26. The van der Waals surface area contributed by atoms with E-state index in [2.05, 4.69) is 5.32 Å². The van der Waals surface area contributed by atoms with Crippen LogP contribution in [0.25, 0.3) is 0 Å². The summed E-state index contributed by atoms with van der Waals surface area (Å²) in [7, 11) is 0. The maximum Gasteiger partial charge on any atom is 0.317 e. The van der Waals surface area contributed by atoms with Crippen molar-refractivity contribution in [2.45, 2.75) is 33.6 Å². The Morgan fingerprint density at radius 3 is 2.19 bits per heavy atom. The van der Waals surface area contributed by atoms with Crippen LogP contribution >= 0.6 is 0 Å². The lowest BCUT2D eigenvalue weighted by Gasteiger charge is -2.21. The van der Waals surface area contributed by atoms with Crippen molar-refractivity contribution >= 4 is 12.0 Å². The van der Waals surface area contributed by atoms with E-state index in [0.717, 1.165) is 6.42 Å². The van der Waals surface area contributed by atoms with E-state index >= 15 is 0 Å². The van der Waals surface area contributed by atoms with Crippen LogP contribution in [-0.2, 0) is 4.79 Å². The van der Waals surface area contributed by atoms with Crippen LogP contribution in [0.1, 0.15) is 33.6 Å². The molecule has 0 bridgehead atoms. The minimum Gasteiger partial charge on any atom is -0.481 e. The standard InChI is InChI=1S/C11H22N2O3/c1-4-9(7-10(14)15)8-12-11(16)13(5-2)6-3/h9H,4-8H2,1-3H3,(H,12,16)(H,14,15). The molecule has 0 heterocycles. The molecule has 5 nitrogen and oxygen atoms in total. The quantitative estimate of drug-likeness (QED) is 0.697. The zero-order valence-corrected chi connectivity index (χ0v) is 10.3. The lowest BCUT2D eigenvalue weighted by atomic mass is 10.0. The van der Waals surface area contributed by atoms with Gasteiger partial charge in [-0.2, -0.15) is 0 Å². The lowest BCUT2D eigenvalue weighted by Crippen LogP contribution is -2.41. The molecule has 0 aliphatic rings. The van der Waals surface area contributed by atoms with Crippen LogP contribution in [0.2, 0.25) is 0 Å². The molecule has 0 spiro atoms. The number of nitrogens with zero attached hydrogens (tertiary/aromatic N) is 1. The van der Waals surface area contributed by atoms with Gasteiger partial charge in [-0.15, -0.1) is 0 Å². The van der Waals surface area contributed by atoms with Crippen LogP contribution in [0, 0.1) is 5.92 Å². The number of carboxylic acids is 1. The topological polar surface area (TPSA) is 69.6 Å². The van der Waals surface area contributed by atoms with Gasteiger partial charge >= 0.3 is 12.0 Å². The third-order valence-electron chi connectivity index (χ3n) is 2.63. The lowest BCUT2D eigenvalue weighted by molar-refractivity contribution is -0.138. The summed E-state index contributed by atoms with van der Waals surface area (Å²) in [5, 5.41) is 11.4. The predicted molar refractivity (Wildman–Crippen MR) is 62.4 cm³/mol. The Labute approximate surface area is 96.8 Å². The molecule has 0 saturated carbocycles. The van der Waals surface area contributed by atoms with Crippen molar-refractivity contribution in [1.29, 1.82) is 0 Å². The maximum atomic E-state index is 11.6. The number of rotatable bonds is 7. The van der Waals surface area contributed by atoms with Gasteiger partial charge < -0.3 is 15.3 Å². The van der Waals surface area contributed by atoms with Crippen molar-refractivity contribution < 1.29 is 14.7 Å². The summed E-state index contributed by atoms with van der Waals surface area (Å²) in [6.07, 6.45) is 0.861. The van der Waals surface area contributed by atoms with Crippen LogP contribution in [-0.4, -0.2) is 41.6 Å². The number of aliphatic carboxylic acids is 1. The van der Waals surface area contributed by atoms with Gasteiger partial charge in [-0.05, 0) is 19.8 Å². The number of amides is 2. The minimum atomic E-state index is -0.816. The number of carboxylic acid groups (broad SMARTS) is 1. The van der Waals surface area contributed by atoms with Crippen molar-refractivity contribution in [3.05, 3.63) is 0 Å². The second-order valence-corrected chi connectivity index (χ2v) is 3.73. The molecular weight excluding hydrogens is 208 g/mol. The highest BCUT2D eigenvalue weighted by Crippen LogP contribution is 2.06. The Kier molecular flexibility index (Phi) is 7.33. The molecule has 5 heteroatoms. The van der Waals surface area contributed by atoms with Gasteiger partial charge in [-0.3, -0.25) is 4.79 Å². The van der Waals surface area contributed by atoms with E-state index < -0.39 is 5.97 Å². The van der Waals surface area contributed by atoms with E-state index in [1.807, 2.05) is 20.8 Å². The summed E-state index contributed by atoms with van der Waals surface area (Å²) < 4.78 is 0. The van der Waals surface area contributed by atoms with Crippen molar-refractivity contribution in [3.8, 4) is 0 Å². The molecule has 94 valence electrons. The number of nitrogens with one attached hydrogen (secondary N) is 1. The van der Waals surface area contributed by atoms with Gasteiger partial charge in [0.1, 0.15) is 0 Å². The first kappa shape index (κ1) is 14.7. The van der Waals surface area contributed by atoms with Crippen molar-refractivity contribution in [2.24, 2.45) is 5.92 Å². The first-order valence-electron chi connectivity index (χ1n) is 5.79. The number of hydrogen-bond donors (Lipinski definition) is 2. The zero-order chi connectivity index (χ0) is 12.6. The first-order chi connectivity index (χ1) is 7.54. The highest BCUT2D eigenvalue weighted by Gasteiger charge is 2.14. The van der Waals surface area contributed by atoms with Gasteiger partial charge in [0.25, 0.3) is 0 Å². The molecular formula is C11H22N2O3. The average molecular weight is 230 g/mol. The van der Waals surface area contributed by atoms with Crippen LogP contribution in [0.15, 0.2) is 0 Å². The van der Waals surface area contributed by atoms with Crippen LogP contribution in [0.5, 0.6) is 0 Å². The fourth-order valence-electron chi connectivity index (χ4n) is 1.46. The molecule has 0 rings (SSSR count). The van der Waals surface area contributed by atoms with Gasteiger partial charge in [0, 0.05) is 26.1 Å². The Balaban J connectivity index is 4.00. The van der Waals surface area contributed by atoms with Crippen LogP contribution in [0.3, 0.4) is 0 Å². The second kappa shape index (κ2) is 7.96. The second-order valence-electron chi connectivity index (χ2n) is 3.73. The molecule has 0 saturated heterocycles. The SMILES string of the molecule is CCC(CNC(=O)N(CC)CC)CC(=O)O.